The number of aromatic nitrogens is 3. The molecule has 0 aliphatic carbocycles. The number of hydrogen-bond donors (Lipinski definition) is 1. The van der Waals surface area contributed by atoms with E-state index in [1.165, 1.54) is 22.0 Å². The summed E-state index contributed by atoms with van der Waals surface area (Å²) < 4.78 is 1.23. The number of halogens is 1. The molecule has 0 saturated heterocycles. The molecule has 0 saturated carbocycles. The van der Waals surface area contributed by atoms with E-state index in [2.05, 4.69) is 22.3 Å². The smallest absolute Gasteiger partial charge is 0.298 e. The molecule has 1 aromatic carbocycles. The number of fused-ring (bicyclic) bond motifs is 1. The fourth-order valence-corrected chi connectivity index (χ4v) is 3.31. The van der Waals surface area contributed by atoms with Crippen molar-refractivity contribution in [2.75, 3.05) is 5.32 Å². The van der Waals surface area contributed by atoms with E-state index in [1.807, 2.05) is 6.92 Å². The molecule has 0 aliphatic rings. The average Bonchev–Trinajstić information content (AvgIpc) is 3.02. The van der Waals surface area contributed by atoms with Gasteiger partial charge in [-0.1, -0.05) is 48.9 Å². The monoisotopic (exact) mass is 362 g/mol. The summed E-state index contributed by atoms with van der Waals surface area (Å²) in [6.45, 7) is 4.10. The van der Waals surface area contributed by atoms with Gasteiger partial charge in [-0.2, -0.15) is 9.61 Å². The van der Waals surface area contributed by atoms with E-state index >= 15 is 0 Å². The lowest BCUT2D eigenvalue weighted by Crippen LogP contribution is -2.23. The zero-order valence-electron chi connectivity index (χ0n) is 13.1. The van der Waals surface area contributed by atoms with Crippen LogP contribution in [0.5, 0.6) is 0 Å². The molecule has 24 heavy (non-hydrogen) atoms. The average molecular weight is 363 g/mol. The molecule has 2 heterocycles. The Balaban J connectivity index is 1.96. The number of nitrogens with one attached hydrogen (secondary N) is 1. The summed E-state index contributed by atoms with van der Waals surface area (Å²) in [5.41, 5.74) is -0.0492. The Morgan fingerprint density at radius 1 is 1.42 bits per heavy atom. The van der Waals surface area contributed by atoms with Crippen LogP contribution in [0.15, 0.2) is 35.3 Å². The van der Waals surface area contributed by atoms with Gasteiger partial charge in [-0.15, -0.1) is 0 Å². The predicted molar refractivity (Wildman–Crippen MR) is 95.2 cm³/mol. The lowest BCUT2D eigenvalue weighted by atomic mass is 10.1. The summed E-state index contributed by atoms with van der Waals surface area (Å²) in [4.78, 5) is 29.5. The van der Waals surface area contributed by atoms with Gasteiger partial charge < -0.3 is 5.32 Å². The van der Waals surface area contributed by atoms with E-state index in [1.54, 1.807) is 24.3 Å². The molecule has 1 atom stereocenters. The Morgan fingerprint density at radius 2 is 2.17 bits per heavy atom. The molecule has 0 fully saturated rings. The number of rotatable bonds is 4. The molecule has 1 unspecified atom stereocenters. The Labute approximate surface area is 147 Å². The third-order valence-corrected chi connectivity index (χ3v) is 5.19. The van der Waals surface area contributed by atoms with Crippen LogP contribution in [0.4, 0.5) is 5.69 Å². The van der Waals surface area contributed by atoms with Gasteiger partial charge in [0, 0.05) is 5.92 Å². The van der Waals surface area contributed by atoms with Crippen molar-refractivity contribution in [2.45, 2.75) is 26.2 Å². The number of carbonyl (C=O) groups excluding carboxylic acids is 1. The van der Waals surface area contributed by atoms with Crippen molar-refractivity contribution in [3.05, 3.63) is 56.4 Å². The van der Waals surface area contributed by atoms with Gasteiger partial charge >= 0.3 is 0 Å². The molecule has 0 bridgehead atoms. The topological polar surface area (TPSA) is 76.4 Å². The fraction of sp³-hybridized carbons (Fsp3) is 0.250. The zero-order chi connectivity index (χ0) is 17.3. The van der Waals surface area contributed by atoms with Crippen LogP contribution < -0.4 is 10.9 Å². The standard InChI is InChI=1S/C16H15ClN4O2S/c1-3-9(2)14-20-21-15(23)12(8-18-16(21)24-14)19-13(22)10-6-4-5-7-11(10)17/h4-9H,3H2,1-2H3,(H,19,22). The first-order valence-corrected chi connectivity index (χ1v) is 8.65. The van der Waals surface area contributed by atoms with Crippen LogP contribution in [0, 0.1) is 0 Å². The van der Waals surface area contributed by atoms with Gasteiger partial charge in [0.15, 0.2) is 0 Å². The molecule has 1 amide bonds. The lowest BCUT2D eigenvalue weighted by molar-refractivity contribution is 0.102. The SMILES string of the molecule is CCC(C)c1nn2c(=O)c(NC(=O)c3ccccc3Cl)cnc2s1. The van der Waals surface area contributed by atoms with E-state index in [-0.39, 0.29) is 11.6 Å². The Kier molecular flexibility index (Phi) is 4.64. The molecule has 0 spiro atoms. The molecule has 8 heteroatoms. The van der Waals surface area contributed by atoms with Gasteiger partial charge in [-0.25, -0.2) is 4.98 Å². The summed E-state index contributed by atoms with van der Waals surface area (Å²) in [5, 5.41) is 8.04. The van der Waals surface area contributed by atoms with Gasteiger partial charge in [0.2, 0.25) is 4.96 Å². The first-order valence-electron chi connectivity index (χ1n) is 7.46. The first-order chi connectivity index (χ1) is 11.5. The molecule has 6 nitrogen and oxygen atoms in total. The molecule has 124 valence electrons. The number of amides is 1. The summed E-state index contributed by atoms with van der Waals surface area (Å²) in [6.07, 6.45) is 2.27. The third kappa shape index (κ3) is 3.05. The van der Waals surface area contributed by atoms with Crippen molar-refractivity contribution in [2.24, 2.45) is 0 Å². The summed E-state index contributed by atoms with van der Waals surface area (Å²) in [6, 6.07) is 6.63. The van der Waals surface area contributed by atoms with E-state index < -0.39 is 11.5 Å². The Hall–Kier alpha value is -2.25. The Morgan fingerprint density at radius 3 is 2.88 bits per heavy atom. The lowest BCUT2D eigenvalue weighted by Gasteiger charge is -2.05. The number of anilines is 1. The van der Waals surface area contributed by atoms with Crippen LogP contribution in [0.2, 0.25) is 5.02 Å². The number of nitrogens with zero attached hydrogens (tertiary/aromatic N) is 3. The molecule has 3 rings (SSSR count). The van der Waals surface area contributed by atoms with Crippen molar-refractivity contribution in [1.29, 1.82) is 0 Å². The highest BCUT2D eigenvalue weighted by Gasteiger charge is 2.16. The van der Waals surface area contributed by atoms with E-state index in [4.69, 9.17) is 11.6 Å². The van der Waals surface area contributed by atoms with Crippen LogP contribution >= 0.6 is 22.9 Å². The van der Waals surface area contributed by atoms with Crippen LogP contribution in [0.3, 0.4) is 0 Å². The van der Waals surface area contributed by atoms with Gasteiger partial charge in [0.25, 0.3) is 11.5 Å². The second-order valence-electron chi connectivity index (χ2n) is 5.35. The minimum absolute atomic E-state index is 0.0680. The molecule has 2 aromatic heterocycles. The highest BCUT2D eigenvalue weighted by Crippen LogP contribution is 2.23. The molecule has 1 N–H and O–H groups in total. The van der Waals surface area contributed by atoms with Crippen molar-refractivity contribution in [3.63, 3.8) is 0 Å². The number of carbonyl (C=O) groups is 1. The normalized spacial score (nSPS) is 12.3. The Bertz CT molecular complexity index is 966. The minimum atomic E-state index is -0.461. The van der Waals surface area contributed by atoms with E-state index in [9.17, 15) is 9.59 Å². The van der Waals surface area contributed by atoms with Crippen molar-refractivity contribution in [1.82, 2.24) is 14.6 Å². The molecular weight excluding hydrogens is 348 g/mol. The first kappa shape index (κ1) is 16.6. The van der Waals surface area contributed by atoms with Gasteiger partial charge in [-0.05, 0) is 18.6 Å². The fourth-order valence-electron chi connectivity index (χ4n) is 2.10. The molecule has 0 aliphatic heterocycles. The van der Waals surface area contributed by atoms with Crippen molar-refractivity contribution in [3.8, 4) is 0 Å². The molecule has 0 radical (unpaired) electrons. The van der Waals surface area contributed by atoms with Crippen LogP contribution in [-0.4, -0.2) is 20.5 Å². The largest absolute Gasteiger partial charge is 0.316 e. The van der Waals surface area contributed by atoms with E-state index in [0.717, 1.165) is 11.4 Å². The number of benzene rings is 1. The van der Waals surface area contributed by atoms with E-state index in [0.29, 0.717) is 15.5 Å². The minimum Gasteiger partial charge on any atom is -0.316 e. The highest BCUT2D eigenvalue weighted by molar-refractivity contribution is 7.16. The summed E-state index contributed by atoms with van der Waals surface area (Å²) in [7, 11) is 0. The maximum absolute atomic E-state index is 12.5. The van der Waals surface area contributed by atoms with Crippen molar-refractivity contribution < 1.29 is 4.79 Å². The number of hydrogen-bond acceptors (Lipinski definition) is 5. The molecular formula is C16H15ClN4O2S. The van der Waals surface area contributed by atoms with Crippen LogP contribution in [0.25, 0.3) is 4.96 Å². The highest BCUT2D eigenvalue weighted by atomic mass is 35.5. The van der Waals surface area contributed by atoms with Crippen LogP contribution in [0.1, 0.15) is 41.6 Å². The van der Waals surface area contributed by atoms with Gasteiger partial charge in [-0.3, -0.25) is 9.59 Å². The maximum atomic E-state index is 12.5. The van der Waals surface area contributed by atoms with Gasteiger partial charge in [0.05, 0.1) is 16.8 Å². The molecule has 3 aromatic rings. The predicted octanol–water partition coefficient (Wildman–Crippen LogP) is 3.57. The van der Waals surface area contributed by atoms with Gasteiger partial charge in [0.1, 0.15) is 10.7 Å². The maximum Gasteiger partial charge on any atom is 0.298 e. The summed E-state index contributed by atoms with van der Waals surface area (Å²) >= 11 is 7.38. The van der Waals surface area contributed by atoms with Crippen molar-refractivity contribution >= 4 is 39.5 Å². The zero-order valence-corrected chi connectivity index (χ0v) is 14.7. The second kappa shape index (κ2) is 6.70. The summed E-state index contributed by atoms with van der Waals surface area (Å²) in [5.74, 6) is -0.214. The van der Waals surface area contributed by atoms with Crippen LogP contribution in [-0.2, 0) is 0 Å². The quantitative estimate of drug-likeness (QED) is 0.769. The third-order valence-electron chi connectivity index (χ3n) is 3.70. The second-order valence-corrected chi connectivity index (χ2v) is 6.75.